The van der Waals surface area contributed by atoms with Crippen LogP contribution < -0.4 is 0 Å². The number of aliphatic hydroxyl groups is 1. The predicted molar refractivity (Wildman–Crippen MR) is 27.2 cm³/mol. The van der Waals surface area contributed by atoms with Crippen LogP contribution >= 0.6 is 0 Å². The molecule has 5 heteroatoms. The molecule has 0 aromatic carbocycles. The molecule has 0 aliphatic heterocycles. The number of alkyl halides is 4. The second kappa shape index (κ2) is 2.38. The van der Waals surface area contributed by atoms with Crippen molar-refractivity contribution in [3.05, 3.63) is 0 Å². The molecular weight excluding hydrogens is 152 g/mol. The molecule has 10 heavy (non-hydrogen) atoms. The number of halogens is 4. The molecule has 1 N–H and O–H groups in total. The van der Waals surface area contributed by atoms with E-state index in [0.717, 1.165) is 0 Å². The van der Waals surface area contributed by atoms with Crippen LogP contribution in [0.25, 0.3) is 0 Å². The van der Waals surface area contributed by atoms with Crippen molar-refractivity contribution in [1.29, 1.82) is 0 Å². The van der Waals surface area contributed by atoms with Crippen molar-refractivity contribution in [2.24, 2.45) is 0 Å². The van der Waals surface area contributed by atoms with Crippen molar-refractivity contribution in [3.63, 3.8) is 0 Å². The van der Waals surface area contributed by atoms with Crippen molar-refractivity contribution in [2.75, 3.05) is 0 Å². The first-order valence-corrected chi connectivity index (χ1v) is 2.59. The standard InChI is InChI=1S/C5H8F4O/c1-4(2,6)3(10)5(7,8)9/h3,10H,1-2H3/t3-/m1/s1. The Hall–Kier alpha value is -0.320. The normalized spacial score (nSPS) is 17.1. The molecule has 0 amide bonds. The molecule has 0 fully saturated rings. The molecule has 0 unspecified atom stereocenters. The van der Waals surface area contributed by atoms with Crippen LogP contribution in [0.4, 0.5) is 17.6 Å². The Morgan fingerprint density at radius 2 is 1.40 bits per heavy atom. The fourth-order valence-corrected chi connectivity index (χ4v) is 0.389. The molecule has 0 saturated carbocycles. The van der Waals surface area contributed by atoms with E-state index in [1.54, 1.807) is 0 Å². The summed E-state index contributed by atoms with van der Waals surface area (Å²) in [4.78, 5) is 0. The van der Waals surface area contributed by atoms with Crippen LogP contribution in [0, 0.1) is 0 Å². The minimum atomic E-state index is -4.88. The number of hydrogen-bond donors (Lipinski definition) is 1. The van der Waals surface area contributed by atoms with Crippen LogP contribution in [0.5, 0.6) is 0 Å². The van der Waals surface area contributed by atoms with Gasteiger partial charge in [0, 0.05) is 0 Å². The molecule has 0 radical (unpaired) electrons. The SMILES string of the molecule is CC(C)(F)[C@@H](O)C(F)(F)F. The molecule has 0 saturated heterocycles. The van der Waals surface area contributed by atoms with Gasteiger partial charge in [-0.15, -0.1) is 0 Å². The lowest BCUT2D eigenvalue weighted by molar-refractivity contribution is -0.235. The second-order valence-corrected chi connectivity index (χ2v) is 2.51. The smallest absolute Gasteiger partial charge is 0.381 e. The number of hydrogen-bond acceptors (Lipinski definition) is 1. The number of aliphatic hydroxyl groups excluding tert-OH is 1. The molecule has 0 heterocycles. The highest BCUT2D eigenvalue weighted by atomic mass is 19.4. The zero-order valence-corrected chi connectivity index (χ0v) is 5.54. The van der Waals surface area contributed by atoms with Gasteiger partial charge in [0.05, 0.1) is 0 Å². The largest absolute Gasteiger partial charge is 0.417 e. The van der Waals surface area contributed by atoms with E-state index >= 15 is 0 Å². The van der Waals surface area contributed by atoms with E-state index in [4.69, 9.17) is 5.11 Å². The molecule has 0 rings (SSSR count). The maximum atomic E-state index is 12.3. The van der Waals surface area contributed by atoms with E-state index in [-0.39, 0.29) is 0 Å². The maximum absolute atomic E-state index is 12.3. The minimum absolute atomic E-state index is 0.672. The summed E-state index contributed by atoms with van der Waals surface area (Å²) in [5.41, 5.74) is -2.63. The Labute approximate surface area is 55.7 Å². The second-order valence-electron chi connectivity index (χ2n) is 2.51. The summed E-state index contributed by atoms with van der Waals surface area (Å²) in [5.74, 6) is 0. The fourth-order valence-electron chi connectivity index (χ4n) is 0.389. The lowest BCUT2D eigenvalue weighted by atomic mass is 10.0. The molecule has 0 aromatic rings. The lowest BCUT2D eigenvalue weighted by Crippen LogP contribution is -2.43. The predicted octanol–water partition coefficient (Wildman–Crippen LogP) is 1.66. The summed E-state index contributed by atoms with van der Waals surface area (Å²) in [7, 11) is 0. The third-order valence-electron chi connectivity index (χ3n) is 0.960. The summed E-state index contributed by atoms with van der Waals surface area (Å²) >= 11 is 0. The van der Waals surface area contributed by atoms with Gasteiger partial charge in [0.25, 0.3) is 0 Å². The Morgan fingerprint density at radius 1 is 1.10 bits per heavy atom. The molecule has 1 atom stereocenters. The van der Waals surface area contributed by atoms with Crippen molar-refractivity contribution in [2.45, 2.75) is 31.8 Å². The van der Waals surface area contributed by atoms with Gasteiger partial charge < -0.3 is 5.11 Å². The van der Waals surface area contributed by atoms with Crippen LogP contribution in [-0.4, -0.2) is 23.1 Å². The zero-order chi connectivity index (χ0) is 8.58. The topological polar surface area (TPSA) is 20.2 Å². The lowest BCUT2D eigenvalue weighted by Gasteiger charge is -2.23. The zero-order valence-electron chi connectivity index (χ0n) is 5.54. The van der Waals surface area contributed by atoms with Crippen molar-refractivity contribution < 1.29 is 22.7 Å². The van der Waals surface area contributed by atoms with Gasteiger partial charge in [-0.25, -0.2) is 4.39 Å². The summed E-state index contributed by atoms with van der Waals surface area (Å²) in [6.45, 7) is 1.34. The van der Waals surface area contributed by atoms with E-state index in [2.05, 4.69) is 0 Å². The summed E-state index contributed by atoms with van der Waals surface area (Å²) < 4.78 is 46.7. The van der Waals surface area contributed by atoms with Gasteiger partial charge in [-0.2, -0.15) is 13.2 Å². The van der Waals surface area contributed by atoms with E-state index < -0.39 is 17.9 Å². The third kappa shape index (κ3) is 2.51. The Morgan fingerprint density at radius 3 is 1.40 bits per heavy atom. The molecule has 0 aliphatic rings. The summed E-state index contributed by atoms with van der Waals surface area (Å²) in [6, 6.07) is 0. The first-order chi connectivity index (χ1) is 4.15. The highest BCUT2D eigenvalue weighted by molar-refractivity contribution is 4.82. The van der Waals surface area contributed by atoms with Crippen molar-refractivity contribution in [1.82, 2.24) is 0 Å². The van der Waals surface area contributed by atoms with Crippen LogP contribution in [0.3, 0.4) is 0 Å². The van der Waals surface area contributed by atoms with Gasteiger partial charge in [0.15, 0.2) is 6.10 Å². The first-order valence-electron chi connectivity index (χ1n) is 2.59. The van der Waals surface area contributed by atoms with Gasteiger partial charge in [0.1, 0.15) is 5.67 Å². The van der Waals surface area contributed by atoms with Crippen molar-refractivity contribution >= 4 is 0 Å². The van der Waals surface area contributed by atoms with Gasteiger partial charge >= 0.3 is 6.18 Å². The highest BCUT2D eigenvalue weighted by Gasteiger charge is 2.48. The average Bonchev–Trinajstić information content (AvgIpc) is 1.59. The van der Waals surface area contributed by atoms with E-state index in [1.165, 1.54) is 0 Å². The Balaban J connectivity index is 4.23. The first kappa shape index (κ1) is 9.68. The van der Waals surface area contributed by atoms with Crippen LogP contribution in [0.1, 0.15) is 13.8 Å². The van der Waals surface area contributed by atoms with Gasteiger partial charge in [-0.3, -0.25) is 0 Å². The molecular formula is C5H8F4O. The Bertz CT molecular complexity index is 97.8. The van der Waals surface area contributed by atoms with Crippen LogP contribution in [0.2, 0.25) is 0 Å². The minimum Gasteiger partial charge on any atom is -0.381 e. The summed E-state index contributed by atoms with van der Waals surface area (Å²) in [5, 5.41) is 8.22. The average molecular weight is 160 g/mol. The monoisotopic (exact) mass is 160 g/mol. The van der Waals surface area contributed by atoms with Crippen molar-refractivity contribution in [3.8, 4) is 0 Å². The molecule has 0 aromatic heterocycles. The van der Waals surface area contributed by atoms with Crippen LogP contribution in [-0.2, 0) is 0 Å². The number of rotatable bonds is 1. The van der Waals surface area contributed by atoms with E-state index in [9.17, 15) is 17.6 Å². The Kier molecular flexibility index (Phi) is 2.30. The highest BCUT2D eigenvalue weighted by Crippen LogP contribution is 2.29. The van der Waals surface area contributed by atoms with Gasteiger partial charge in [0.2, 0.25) is 0 Å². The molecule has 0 bridgehead atoms. The molecule has 0 spiro atoms. The van der Waals surface area contributed by atoms with E-state index in [0.29, 0.717) is 13.8 Å². The third-order valence-corrected chi connectivity index (χ3v) is 0.960. The summed E-state index contributed by atoms with van der Waals surface area (Å²) in [6.07, 6.45) is -7.78. The quantitative estimate of drug-likeness (QED) is 0.578. The molecule has 0 aliphatic carbocycles. The molecule has 1 nitrogen and oxygen atoms in total. The maximum Gasteiger partial charge on any atom is 0.417 e. The molecule has 62 valence electrons. The van der Waals surface area contributed by atoms with E-state index in [1.807, 2.05) is 0 Å². The van der Waals surface area contributed by atoms with Crippen LogP contribution in [0.15, 0.2) is 0 Å². The fraction of sp³-hybridized carbons (Fsp3) is 1.00. The van der Waals surface area contributed by atoms with Gasteiger partial charge in [-0.05, 0) is 13.8 Å². The van der Waals surface area contributed by atoms with Gasteiger partial charge in [-0.1, -0.05) is 0 Å².